The molecule has 1 aliphatic rings. The lowest BCUT2D eigenvalue weighted by atomic mass is 9.94. The molecule has 2 N–H and O–H groups in total. The van der Waals surface area contributed by atoms with Crippen LogP contribution in [0.5, 0.6) is 0 Å². The lowest BCUT2D eigenvalue weighted by Crippen LogP contribution is -2.53. The quantitative estimate of drug-likeness (QED) is 0.461. The number of hydrogen-bond donors (Lipinski definition) is 2. The van der Waals surface area contributed by atoms with Crippen LogP contribution in [-0.4, -0.2) is 36.8 Å². The van der Waals surface area contributed by atoms with Gasteiger partial charge in [0.2, 0.25) is 5.91 Å². The Hall–Kier alpha value is -3.06. The van der Waals surface area contributed by atoms with E-state index < -0.39 is 29.2 Å². The number of methoxy groups -OCH3 is 1. The number of carbonyl (C=O) groups excluding carboxylic acids is 3. The Morgan fingerprint density at radius 3 is 2.12 bits per heavy atom. The van der Waals surface area contributed by atoms with Crippen LogP contribution in [0, 0.1) is 0 Å². The van der Waals surface area contributed by atoms with E-state index in [1.165, 1.54) is 7.11 Å². The van der Waals surface area contributed by atoms with Crippen LogP contribution in [0.3, 0.4) is 0 Å². The summed E-state index contributed by atoms with van der Waals surface area (Å²) in [5.74, 6) is -0.603. The topological polar surface area (TPSA) is 93.7 Å². The zero-order valence-corrected chi connectivity index (χ0v) is 20.0. The molecular weight excluding hydrogens is 444 g/mol. The normalized spacial score (nSPS) is 15.2. The first-order valence-corrected chi connectivity index (χ1v) is 11.1. The average molecular weight is 473 g/mol. The van der Waals surface area contributed by atoms with Crippen molar-refractivity contribution in [3.8, 4) is 0 Å². The van der Waals surface area contributed by atoms with Crippen molar-refractivity contribution in [1.29, 1.82) is 0 Å². The van der Waals surface area contributed by atoms with Crippen LogP contribution in [-0.2, 0) is 26.1 Å². The second kappa shape index (κ2) is 9.83. The van der Waals surface area contributed by atoms with Crippen LogP contribution in [0.15, 0.2) is 48.5 Å². The molecule has 1 aliphatic carbocycles. The second-order valence-corrected chi connectivity index (χ2v) is 9.59. The number of halogens is 1. The minimum atomic E-state index is -0.707. The van der Waals surface area contributed by atoms with Crippen LogP contribution >= 0.6 is 11.6 Å². The van der Waals surface area contributed by atoms with Crippen LogP contribution in [0.25, 0.3) is 0 Å². The first kappa shape index (κ1) is 24.6. The van der Waals surface area contributed by atoms with Crippen molar-refractivity contribution in [2.75, 3.05) is 7.11 Å². The Kier molecular flexibility index (Phi) is 7.32. The highest BCUT2D eigenvalue weighted by molar-refractivity contribution is 6.30. The highest BCUT2D eigenvalue weighted by Crippen LogP contribution is 2.48. The standard InChI is InChI=1S/C25H29ClN2O5/c1-24(2,3)33-23(31)28-20(15-16-5-7-17(8-6-16)21(29)32-4)27-22(30)25(13-14-25)18-9-11-19(26)12-10-18/h5-12,20H,13-15H2,1-4H3,(H,27,30)(H,28,31). The number of carbonyl (C=O) groups is 3. The molecular formula is C25H29ClN2O5. The van der Waals surface area contributed by atoms with Gasteiger partial charge in [-0.2, -0.15) is 0 Å². The van der Waals surface area contributed by atoms with Gasteiger partial charge in [-0.1, -0.05) is 35.9 Å². The lowest BCUT2D eigenvalue weighted by Gasteiger charge is -2.26. The Morgan fingerprint density at radius 1 is 1.00 bits per heavy atom. The fourth-order valence-electron chi connectivity index (χ4n) is 3.56. The van der Waals surface area contributed by atoms with E-state index in [9.17, 15) is 14.4 Å². The SMILES string of the molecule is COC(=O)c1ccc(CC(NC(=O)OC(C)(C)C)NC(=O)C2(c3ccc(Cl)cc3)CC2)cc1. The molecule has 2 aromatic rings. The smallest absolute Gasteiger partial charge is 0.409 e. The van der Waals surface area contributed by atoms with Gasteiger partial charge in [0.15, 0.2) is 0 Å². The largest absolute Gasteiger partial charge is 0.465 e. The van der Waals surface area contributed by atoms with Gasteiger partial charge in [-0.15, -0.1) is 0 Å². The van der Waals surface area contributed by atoms with Gasteiger partial charge in [-0.25, -0.2) is 9.59 Å². The first-order valence-electron chi connectivity index (χ1n) is 10.8. The Morgan fingerprint density at radius 2 is 1.61 bits per heavy atom. The number of nitrogens with one attached hydrogen (secondary N) is 2. The number of alkyl carbamates (subject to hydrolysis) is 1. The first-order chi connectivity index (χ1) is 15.5. The van der Waals surface area contributed by atoms with E-state index >= 15 is 0 Å². The molecule has 2 amide bonds. The summed E-state index contributed by atoms with van der Waals surface area (Å²) < 4.78 is 10.1. The number of esters is 1. The molecule has 1 unspecified atom stereocenters. The molecule has 0 spiro atoms. The summed E-state index contributed by atoms with van der Waals surface area (Å²) in [7, 11) is 1.32. The van der Waals surface area contributed by atoms with Crippen LogP contribution in [0.4, 0.5) is 4.79 Å². The fourth-order valence-corrected chi connectivity index (χ4v) is 3.68. The van der Waals surface area contributed by atoms with Gasteiger partial charge >= 0.3 is 12.1 Å². The highest BCUT2D eigenvalue weighted by atomic mass is 35.5. The summed E-state index contributed by atoms with van der Waals surface area (Å²) in [6.45, 7) is 5.31. The van der Waals surface area contributed by atoms with Gasteiger partial charge in [-0.05, 0) is 69.0 Å². The molecule has 0 aromatic heterocycles. The van der Waals surface area contributed by atoms with Gasteiger partial charge in [0.25, 0.3) is 0 Å². The number of ether oxygens (including phenoxy) is 2. The van der Waals surface area contributed by atoms with E-state index in [1.807, 2.05) is 12.1 Å². The molecule has 1 saturated carbocycles. The minimum absolute atomic E-state index is 0.169. The van der Waals surface area contributed by atoms with Crippen LogP contribution < -0.4 is 10.6 Å². The van der Waals surface area contributed by atoms with E-state index in [0.717, 1.165) is 11.1 Å². The molecule has 2 aromatic carbocycles. The molecule has 0 heterocycles. The third kappa shape index (κ3) is 6.48. The Balaban J connectivity index is 1.76. The van der Waals surface area contributed by atoms with E-state index in [1.54, 1.807) is 57.2 Å². The zero-order valence-electron chi connectivity index (χ0n) is 19.2. The summed E-state index contributed by atoms with van der Waals surface area (Å²) in [6, 6.07) is 14.1. The highest BCUT2D eigenvalue weighted by Gasteiger charge is 2.51. The molecule has 1 atom stereocenters. The summed E-state index contributed by atoms with van der Waals surface area (Å²) in [6.07, 6.45) is 0.403. The monoisotopic (exact) mass is 472 g/mol. The Bertz CT molecular complexity index is 1010. The van der Waals surface area contributed by atoms with Crippen molar-refractivity contribution < 1.29 is 23.9 Å². The Labute approximate surface area is 198 Å². The number of benzene rings is 2. The number of hydrogen-bond acceptors (Lipinski definition) is 5. The maximum Gasteiger partial charge on any atom is 0.409 e. The van der Waals surface area contributed by atoms with E-state index in [2.05, 4.69) is 10.6 Å². The lowest BCUT2D eigenvalue weighted by molar-refractivity contribution is -0.124. The second-order valence-electron chi connectivity index (χ2n) is 9.15. The van der Waals surface area contributed by atoms with Crippen molar-refractivity contribution >= 4 is 29.6 Å². The van der Waals surface area contributed by atoms with Crippen molar-refractivity contribution in [3.05, 3.63) is 70.2 Å². The molecule has 33 heavy (non-hydrogen) atoms. The van der Waals surface area contributed by atoms with Crippen LogP contribution in [0.1, 0.15) is 55.1 Å². The van der Waals surface area contributed by atoms with Crippen molar-refractivity contribution in [2.24, 2.45) is 0 Å². The van der Waals surface area contributed by atoms with Crippen LogP contribution in [0.2, 0.25) is 5.02 Å². The molecule has 0 aliphatic heterocycles. The molecule has 0 radical (unpaired) electrons. The molecule has 3 rings (SSSR count). The minimum Gasteiger partial charge on any atom is -0.465 e. The predicted molar refractivity (Wildman–Crippen MR) is 125 cm³/mol. The van der Waals surface area contributed by atoms with E-state index in [0.29, 0.717) is 29.8 Å². The van der Waals surface area contributed by atoms with E-state index in [4.69, 9.17) is 21.1 Å². The molecule has 0 saturated heterocycles. The van der Waals surface area contributed by atoms with Crippen molar-refractivity contribution in [3.63, 3.8) is 0 Å². The zero-order chi connectivity index (χ0) is 24.2. The molecule has 1 fully saturated rings. The van der Waals surface area contributed by atoms with Crippen molar-refractivity contribution in [2.45, 2.75) is 57.2 Å². The maximum atomic E-state index is 13.3. The molecule has 7 nitrogen and oxygen atoms in total. The molecule has 8 heteroatoms. The molecule has 176 valence electrons. The third-order valence-electron chi connectivity index (χ3n) is 5.39. The van der Waals surface area contributed by atoms with Gasteiger partial charge in [0, 0.05) is 11.4 Å². The predicted octanol–water partition coefficient (Wildman–Crippen LogP) is 4.37. The summed E-state index contributed by atoms with van der Waals surface area (Å²) in [5, 5.41) is 6.33. The van der Waals surface area contributed by atoms with Gasteiger partial charge < -0.3 is 20.1 Å². The number of amides is 2. The molecule has 0 bridgehead atoms. The summed E-state index contributed by atoms with van der Waals surface area (Å²) >= 11 is 6.00. The van der Waals surface area contributed by atoms with Gasteiger partial charge in [-0.3, -0.25) is 4.79 Å². The average Bonchev–Trinajstić information content (AvgIpc) is 3.55. The number of rotatable bonds is 7. The van der Waals surface area contributed by atoms with Gasteiger partial charge in [0.05, 0.1) is 18.1 Å². The summed E-state index contributed by atoms with van der Waals surface area (Å²) in [4.78, 5) is 37.4. The van der Waals surface area contributed by atoms with E-state index in [-0.39, 0.29) is 5.91 Å². The maximum absolute atomic E-state index is 13.3. The third-order valence-corrected chi connectivity index (χ3v) is 5.64. The fraction of sp³-hybridized carbons (Fsp3) is 0.400. The van der Waals surface area contributed by atoms with Gasteiger partial charge in [0.1, 0.15) is 11.8 Å². The summed E-state index contributed by atoms with van der Waals surface area (Å²) in [5.41, 5.74) is 0.819. The van der Waals surface area contributed by atoms with Crippen molar-refractivity contribution in [1.82, 2.24) is 10.6 Å².